The molecule has 1 fully saturated rings. The molecule has 1 aliphatic rings. The van der Waals surface area contributed by atoms with Crippen molar-refractivity contribution < 1.29 is 0 Å². The van der Waals surface area contributed by atoms with Gasteiger partial charge in [0.05, 0.1) is 0 Å². The zero-order valence-electron chi connectivity index (χ0n) is 8.64. The van der Waals surface area contributed by atoms with Gasteiger partial charge in [0.25, 0.3) is 0 Å². The van der Waals surface area contributed by atoms with Crippen LogP contribution in [0.15, 0.2) is 0 Å². The maximum atomic E-state index is 5.56. The first-order chi connectivity index (χ1) is 5.59. The number of hydrogen-bond donors (Lipinski definition) is 1. The van der Waals surface area contributed by atoms with Crippen molar-refractivity contribution in [2.24, 2.45) is 11.1 Å². The molecule has 1 rings (SSSR count). The van der Waals surface area contributed by atoms with Crippen molar-refractivity contribution in [3.63, 3.8) is 0 Å². The molecule has 0 aliphatic carbocycles. The van der Waals surface area contributed by atoms with E-state index in [0.29, 0.717) is 5.41 Å². The average molecular weight is 170 g/mol. The lowest BCUT2D eigenvalue weighted by atomic mass is 9.82. The maximum Gasteiger partial charge on any atom is 0.0105 e. The van der Waals surface area contributed by atoms with Crippen LogP contribution in [0.1, 0.15) is 33.6 Å². The van der Waals surface area contributed by atoms with Gasteiger partial charge < -0.3 is 5.73 Å². The molecule has 0 bridgehead atoms. The van der Waals surface area contributed by atoms with Gasteiger partial charge in [-0.1, -0.05) is 20.8 Å². The van der Waals surface area contributed by atoms with Crippen LogP contribution >= 0.6 is 0 Å². The molecular weight excluding hydrogens is 148 g/mol. The summed E-state index contributed by atoms with van der Waals surface area (Å²) in [7, 11) is 0. The number of hydrogen-bond acceptors (Lipinski definition) is 2. The fourth-order valence-electron chi connectivity index (χ4n) is 2.15. The van der Waals surface area contributed by atoms with E-state index in [2.05, 4.69) is 25.7 Å². The van der Waals surface area contributed by atoms with Gasteiger partial charge in [0, 0.05) is 19.1 Å². The summed E-state index contributed by atoms with van der Waals surface area (Å²) in [5.74, 6) is 0. The molecule has 1 saturated heterocycles. The van der Waals surface area contributed by atoms with Gasteiger partial charge in [-0.25, -0.2) is 0 Å². The van der Waals surface area contributed by atoms with E-state index >= 15 is 0 Å². The highest BCUT2D eigenvalue weighted by molar-refractivity contribution is 4.91. The first kappa shape index (κ1) is 10.0. The molecule has 0 aromatic rings. The molecule has 1 heterocycles. The molecule has 0 aromatic carbocycles. The van der Waals surface area contributed by atoms with Crippen LogP contribution in [-0.4, -0.2) is 30.6 Å². The van der Waals surface area contributed by atoms with E-state index in [1.165, 1.54) is 19.5 Å². The molecule has 1 atom stereocenters. The number of nitrogens with two attached hydrogens (primary N) is 1. The van der Waals surface area contributed by atoms with Gasteiger partial charge in [-0.05, 0) is 24.8 Å². The maximum absolute atomic E-state index is 5.56. The third-order valence-corrected chi connectivity index (χ3v) is 2.75. The Balaban J connectivity index is 2.29. The summed E-state index contributed by atoms with van der Waals surface area (Å²) in [6.07, 6.45) is 2.40. The SMILES string of the molecule is CCC(CCN)N1CC(C)(C)C1. The van der Waals surface area contributed by atoms with E-state index in [4.69, 9.17) is 5.73 Å². The molecule has 0 amide bonds. The predicted octanol–water partition coefficient (Wildman–Crippen LogP) is 1.46. The fourth-order valence-corrected chi connectivity index (χ4v) is 2.15. The zero-order valence-corrected chi connectivity index (χ0v) is 8.64. The highest BCUT2D eigenvalue weighted by Gasteiger charge is 2.36. The summed E-state index contributed by atoms with van der Waals surface area (Å²) in [6, 6.07) is 0.739. The lowest BCUT2D eigenvalue weighted by molar-refractivity contribution is -0.00911. The van der Waals surface area contributed by atoms with E-state index < -0.39 is 0 Å². The molecule has 0 radical (unpaired) electrons. The van der Waals surface area contributed by atoms with Gasteiger partial charge >= 0.3 is 0 Å². The second-order valence-corrected chi connectivity index (χ2v) is 4.71. The molecule has 0 aromatic heterocycles. The Morgan fingerprint density at radius 1 is 1.42 bits per heavy atom. The van der Waals surface area contributed by atoms with Crippen LogP contribution in [0.3, 0.4) is 0 Å². The van der Waals surface area contributed by atoms with Crippen LogP contribution in [-0.2, 0) is 0 Å². The van der Waals surface area contributed by atoms with Gasteiger partial charge in [-0.3, -0.25) is 4.90 Å². The molecule has 12 heavy (non-hydrogen) atoms. The Labute approximate surface area is 76.1 Å². The van der Waals surface area contributed by atoms with Crippen molar-refractivity contribution in [2.45, 2.75) is 39.7 Å². The van der Waals surface area contributed by atoms with Crippen LogP contribution in [0.2, 0.25) is 0 Å². The lowest BCUT2D eigenvalue weighted by Gasteiger charge is -2.50. The molecule has 0 saturated carbocycles. The Kier molecular flexibility index (Phi) is 3.13. The Morgan fingerprint density at radius 3 is 2.33 bits per heavy atom. The Bertz CT molecular complexity index is 135. The monoisotopic (exact) mass is 170 g/mol. The van der Waals surface area contributed by atoms with Crippen molar-refractivity contribution in [2.75, 3.05) is 19.6 Å². The zero-order chi connectivity index (χ0) is 9.19. The molecule has 2 nitrogen and oxygen atoms in total. The summed E-state index contributed by atoms with van der Waals surface area (Å²) < 4.78 is 0. The quantitative estimate of drug-likeness (QED) is 0.692. The van der Waals surface area contributed by atoms with Gasteiger partial charge in [-0.15, -0.1) is 0 Å². The van der Waals surface area contributed by atoms with E-state index in [0.717, 1.165) is 19.0 Å². The number of nitrogens with zero attached hydrogens (tertiary/aromatic N) is 1. The summed E-state index contributed by atoms with van der Waals surface area (Å²) in [5, 5.41) is 0. The molecule has 0 spiro atoms. The predicted molar refractivity (Wildman–Crippen MR) is 53.1 cm³/mol. The van der Waals surface area contributed by atoms with E-state index in [1.54, 1.807) is 0 Å². The second-order valence-electron chi connectivity index (χ2n) is 4.71. The Hall–Kier alpha value is -0.0800. The number of likely N-dealkylation sites (tertiary alicyclic amines) is 1. The summed E-state index contributed by atoms with van der Waals surface area (Å²) >= 11 is 0. The lowest BCUT2D eigenvalue weighted by Crippen LogP contribution is -2.57. The van der Waals surface area contributed by atoms with Crippen molar-refractivity contribution in [1.82, 2.24) is 4.90 Å². The topological polar surface area (TPSA) is 29.3 Å². The van der Waals surface area contributed by atoms with Crippen LogP contribution in [0, 0.1) is 5.41 Å². The summed E-state index contributed by atoms with van der Waals surface area (Å²) in [6.45, 7) is 10.3. The molecule has 2 N–H and O–H groups in total. The molecular formula is C10H22N2. The van der Waals surface area contributed by atoms with Crippen molar-refractivity contribution >= 4 is 0 Å². The van der Waals surface area contributed by atoms with Crippen LogP contribution in [0.25, 0.3) is 0 Å². The minimum Gasteiger partial charge on any atom is -0.330 e. The number of rotatable bonds is 4. The highest BCUT2D eigenvalue weighted by Crippen LogP contribution is 2.31. The Morgan fingerprint density at radius 2 is 2.00 bits per heavy atom. The first-order valence-corrected chi connectivity index (χ1v) is 5.03. The fraction of sp³-hybridized carbons (Fsp3) is 1.00. The van der Waals surface area contributed by atoms with Crippen molar-refractivity contribution in [3.05, 3.63) is 0 Å². The van der Waals surface area contributed by atoms with Crippen LogP contribution in [0.4, 0.5) is 0 Å². The third kappa shape index (κ3) is 2.20. The smallest absolute Gasteiger partial charge is 0.0105 e. The summed E-state index contributed by atoms with van der Waals surface area (Å²) in [4.78, 5) is 2.56. The van der Waals surface area contributed by atoms with Gasteiger partial charge in [0.2, 0.25) is 0 Å². The normalized spacial score (nSPS) is 25.0. The minimum atomic E-state index is 0.558. The summed E-state index contributed by atoms with van der Waals surface area (Å²) in [5.41, 5.74) is 6.12. The van der Waals surface area contributed by atoms with Crippen molar-refractivity contribution in [1.29, 1.82) is 0 Å². The third-order valence-electron chi connectivity index (χ3n) is 2.75. The molecule has 2 heteroatoms. The van der Waals surface area contributed by atoms with Crippen LogP contribution < -0.4 is 5.73 Å². The average Bonchev–Trinajstić information content (AvgIpc) is 1.95. The minimum absolute atomic E-state index is 0.558. The molecule has 1 unspecified atom stereocenters. The second kappa shape index (κ2) is 3.75. The van der Waals surface area contributed by atoms with Gasteiger partial charge in [-0.2, -0.15) is 0 Å². The standard InChI is InChI=1S/C10H22N2/c1-4-9(5-6-11)12-7-10(2,3)8-12/h9H,4-8,11H2,1-3H3. The molecule has 1 aliphatic heterocycles. The van der Waals surface area contributed by atoms with E-state index in [1.807, 2.05) is 0 Å². The van der Waals surface area contributed by atoms with E-state index in [-0.39, 0.29) is 0 Å². The van der Waals surface area contributed by atoms with E-state index in [9.17, 15) is 0 Å². The highest BCUT2D eigenvalue weighted by atomic mass is 15.2. The van der Waals surface area contributed by atoms with Crippen molar-refractivity contribution in [3.8, 4) is 0 Å². The van der Waals surface area contributed by atoms with Gasteiger partial charge in [0.15, 0.2) is 0 Å². The largest absolute Gasteiger partial charge is 0.330 e. The first-order valence-electron chi connectivity index (χ1n) is 5.03. The van der Waals surface area contributed by atoms with Crippen LogP contribution in [0.5, 0.6) is 0 Å². The molecule has 72 valence electrons. The van der Waals surface area contributed by atoms with Gasteiger partial charge in [0.1, 0.15) is 0 Å².